The molecule has 0 aliphatic rings. The van der Waals surface area contributed by atoms with Crippen LogP contribution in [0.1, 0.15) is 13.8 Å². The third kappa shape index (κ3) is 2.28. The first-order chi connectivity index (χ1) is 7.97. The first kappa shape index (κ1) is 11.6. The molecule has 5 N–H and O–H groups in total. The van der Waals surface area contributed by atoms with Crippen molar-refractivity contribution in [1.29, 1.82) is 0 Å². The average Bonchev–Trinajstić information content (AvgIpc) is 2.20. The fourth-order valence-corrected chi connectivity index (χ4v) is 1.51. The number of hydrogen-bond acceptors (Lipinski definition) is 7. The summed E-state index contributed by atoms with van der Waals surface area (Å²) in [5.74, 6) is 0.673. The molecule has 90 valence electrons. The molecule has 2 heterocycles. The fraction of sp³-hybridized carbons (Fsp3) is 0.333. The van der Waals surface area contributed by atoms with Crippen molar-refractivity contribution in [1.82, 2.24) is 19.9 Å². The molecule has 2 aromatic rings. The average molecular weight is 254 g/mol. The number of hydrogen-bond donors (Lipinski definition) is 3. The molecule has 17 heavy (non-hydrogen) atoms. The van der Waals surface area contributed by atoms with Gasteiger partial charge in [0.1, 0.15) is 0 Å². The van der Waals surface area contributed by atoms with E-state index in [9.17, 15) is 0 Å². The van der Waals surface area contributed by atoms with Crippen LogP contribution in [0.25, 0.3) is 11.2 Å². The van der Waals surface area contributed by atoms with Crippen molar-refractivity contribution < 1.29 is 0 Å². The van der Waals surface area contributed by atoms with E-state index in [1.807, 2.05) is 13.8 Å². The van der Waals surface area contributed by atoms with Gasteiger partial charge in [0.05, 0.1) is 0 Å². The van der Waals surface area contributed by atoms with Crippen molar-refractivity contribution in [3.63, 3.8) is 0 Å². The molecule has 0 atom stereocenters. The summed E-state index contributed by atoms with van der Waals surface area (Å²) in [5, 5.41) is 3.28. The van der Waals surface area contributed by atoms with Crippen LogP contribution >= 0.6 is 11.6 Å². The molecule has 0 aliphatic carbocycles. The lowest BCUT2D eigenvalue weighted by atomic mass is 10.4. The van der Waals surface area contributed by atoms with Gasteiger partial charge in [0.2, 0.25) is 5.95 Å². The van der Waals surface area contributed by atoms with Gasteiger partial charge in [-0.15, -0.1) is 0 Å². The van der Waals surface area contributed by atoms with Crippen LogP contribution in [-0.2, 0) is 0 Å². The lowest BCUT2D eigenvalue weighted by Gasteiger charge is -2.11. The van der Waals surface area contributed by atoms with Crippen LogP contribution in [0, 0.1) is 0 Å². The minimum Gasteiger partial charge on any atom is -0.382 e. The van der Waals surface area contributed by atoms with E-state index in [0.29, 0.717) is 17.0 Å². The molecule has 0 amide bonds. The van der Waals surface area contributed by atoms with Crippen molar-refractivity contribution in [2.75, 3.05) is 16.8 Å². The van der Waals surface area contributed by atoms with Crippen LogP contribution < -0.4 is 16.8 Å². The Kier molecular flexibility index (Phi) is 2.84. The Bertz CT molecular complexity index is 569. The van der Waals surface area contributed by atoms with Gasteiger partial charge in [-0.05, 0) is 13.8 Å². The second kappa shape index (κ2) is 4.17. The summed E-state index contributed by atoms with van der Waals surface area (Å²) in [7, 11) is 0. The Morgan fingerprint density at radius 2 is 1.82 bits per heavy atom. The van der Waals surface area contributed by atoms with E-state index < -0.39 is 0 Å². The van der Waals surface area contributed by atoms with E-state index >= 15 is 0 Å². The van der Waals surface area contributed by atoms with Crippen LogP contribution in [0.2, 0.25) is 5.15 Å². The maximum atomic E-state index is 5.98. The van der Waals surface area contributed by atoms with Gasteiger partial charge < -0.3 is 16.8 Å². The SMILES string of the molecule is CC(C)Nc1nc2nc(N)nc(N)c2nc1Cl. The van der Waals surface area contributed by atoms with Gasteiger partial charge in [-0.1, -0.05) is 11.6 Å². The second-order valence-electron chi connectivity index (χ2n) is 3.80. The van der Waals surface area contributed by atoms with Crippen molar-refractivity contribution in [2.24, 2.45) is 0 Å². The van der Waals surface area contributed by atoms with Crippen LogP contribution in [-0.4, -0.2) is 26.0 Å². The number of anilines is 3. The lowest BCUT2D eigenvalue weighted by molar-refractivity contribution is 0.888. The molecule has 0 fully saturated rings. The summed E-state index contributed by atoms with van der Waals surface area (Å²) >= 11 is 5.98. The number of aromatic nitrogens is 4. The highest BCUT2D eigenvalue weighted by atomic mass is 35.5. The van der Waals surface area contributed by atoms with E-state index in [-0.39, 0.29) is 23.0 Å². The number of nitrogens with one attached hydrogen (secondary N) is 1. The Labute approximate surface area is 103 Å². The van der Waals surface area contributed by atoms with Crippen LogP contribution in [0.3, 0.4) is 0 Å². The third-order valence-corrected chi connectivity index (χ3v) is 2.22. The number of halogens is 1. The first-order valence-electron chi connectivity index (χ1n) is 5.00. The van der Waals surface area contributed by atoms with Gasteiger partial charge in [-0.25, -0.2) is 9.97 Å². The standard InChI is InChI=1S/C9H12ClN7/c1-3(2)13-8-5(10)14-4-6(11)15-9(12)17-7(4)16-8/h3H,1-2H3,(H5,11,12,13,15,16,17). The topological polar surface area (TPSA) is 116 Å². The molecule has 0 unspecified atom stereocenters. The molecule has 0 bridgehead atoms. The van der Waals surface area contributed by atoms with Crippen LogP contribution in [0.15, 0.2) is 0 Å². The van der Waals surface area contributed by atoms with Gasteiger partial charge in [0.15, 0.2) is 28.0 Å². The summed E-state index contributed by atoms with van der Waals surface area (Å²) in [6.45, 7) is 3.93. The zero-order valence-corrected chi connectivity index (χ0v) is 10.2. The molecular weight excluding hydrogens is 242 g/mol. The van der Waals surface area contributed by atoms with E-state index in [0.717, 1.165) is 0 Å². The Hall–Kier alpha value is -1.89. The molecule has 2 rings (SSSR count). The van der Waals surface area contributed by atoms with Gasteiger partial charge in [-0.3, -0.25) is 0 Å². The van der Waals surface area contributed by atoms with Crippen molar-refractivity contribution in [2.45, 2.75) is 19.9 Å². The Balaban J connectivity index is 2.63. The minimum absolute atomic E-state index is 0.0575. The highest BCUT2D eigenvalue weighted by molar-refractivity contribution is 6.32. The van der Waals surface area contributed by atoms with Gasteiger partial charge in [0.25, 0.3) is 0 Å². The van der Waals surface area contributed by atoms with E-state index in [1.165, 1.54) is 0 Å². The molecule has 2 aromatic heterocycles. The molecule has 0 radical (unpaired) electrons. The van der Waals surface area contributed by atoms with Gasteiger partial charge >= 0.3 is 0 Å². The summed E-state index contributed by atoms with van der Waals surface area (Å²) in [6.07, 6.45) is 0. The predicted molar refractivity (Wildman–Crippen MR) is 67.7 cm³/mol. The highest BCUT2D eigenvalue weighted by Crippen LogP contribution is 2.23. The quantitative estimate of drug-likeness (QED) is 0.733. The summed E-state index contributed by atoms with van der Waals surface area (Å²) in [4.78, 5) is 16.1. The zero-order valence-electron chi connectivity index (χ0n) is 9.40. The summed E-state index contributed by atoms with van der Waals surface area (Å²) in [6, 6.07) is 0.177. The monoisotopic (exact) mass is 253 g/mol. The molecule has 8 heteroatoms. The molecule has 0 saturated heterocycles. The smallest absolute Gasteiger partial charge is 0.224 e. The molecular formula is C9H12ClN7. The molecule has 0 saturated carbocycles. The van der Waals surface area contributed by atoms with Crippen LogP contribution in [0.4, 0.5) is 17.6 Å². The number of nitrogen functional groups attached to an aromatic ring is 2. The minimum atomic E-state index is 0.0575. The first-order valence-corrected chi connectivity index (χ1v) is 5.38. The maximum Gasteiger partial charge on any atom is 0.224 e. The summed E-state index contributed by atoms with van der Waals surface area (Å²) in [5.41, 5.74) is 11.8. The highest BCUT2D eigenvalue weighted by Gasteiger charge is 2.12. The van der Waals surface area contributed by atoms with E-state index in [2.05, 4.69) is 25.3 Å². The number of nitrogens with zero attached hydrogens (tertiary/aromatic N) is 4. The largest absolute Gasteiger partial charge is 0.382 e. The Morgan fingerprint density at radius 3 is 2.47 bits per heavy atom. The predicted octanol–water partition coefficient (Wildman–Crippen LogP) is 1.06. The molecule has 0 aromatic carbocycles. The maximum absolute atomic E-state index is 5.98. The van der Waals surface area contributed by atoms with Crippen molar-refractivity contribution in [3.8, 4) is 0 Å². The van der Waals surface area contributed by atoms with E-state index in [1.54, 1.807) is 0 Å². The fourth-order valence-electron chi connectivity index (χ4n) is 1.33. The van der Waals surface area contributed by atoms with Crippen molar-refractivity contribution in [3.05, 3.63) is 5.15 Å². The normalized spacial score (nSPS) is 11.1. The van der Waals surface area contributed by atoms with Gasteiger partial charge in [0, 0.05) is 6.04 Å². The van der Waals surface area contributed by atoms with Crippen LogP contribution in [0.5, 0.6) is 0 Å². The Morgan fingerprint density at radius 1 is 1.12 bits per heavy atom. The lowest BCUT2D eigenvalue weighted by Crippen LogP contribution is -2.13. The summed E-state index contributed by atoms with van der Waals surface area (Å²) < 4.78 is 0. The number of nitrogens with two attached hydrogens (primary N) is 2. The molecule has 0 aliphatic heterocycles. The molecule has 0 spiro atoms. The molecule has 7 nitrogen and oxygen atoms in total. The second-order valence-corrected chi connectivity index (χ2v) is 4.16. The van der Waals surface area contributed by atoms with E-state index in [4.69, 9.17) is 23.1 Å². The number of rotatable bonds is 2. The third-order valence-electron chi connectivity index (χ3n) is 1.96. The zero-order chi connectivity index (χ0) is 12.6. The number of fused-ring (bicyclic) bond motifs is 1. The van der Waals surface area contributed by atoms with Crippen molar-refractivity contribution >= 4 is 40.3 Å². The van der Waals surface area contributed by atoms with Gasteiger partial charge in [-0.2, -0.15) is 9.97 Å².